The van der Waals surface area contributed by atoms with E-state index in [-0.39, 0.29) is 0 Å². The SMILES string of the molecule is CC1(C)OB(c2ccc3c4c(cccc24)-c2c(-c4ccccc4)c4c(c(-c5ccccc5C5=C=C=CC=C5)c2-3)CCC=C4)OC1(C)C. The molecule has 5 aromatic rings. The monoisotopic (exact) mass is 606 g/mol. The van der Waals surface area contributed by atoms with Crippen molar-refractivity contribution in [2.24, 2.45) is 0 Å². The lowest BCUT2D eigenvalue weighted by Gasteiger charge is -2.32. The Balaban J connectivity index is 1.40. The normalized spacial score (nSPS) is 17.7. The maximum atomic E-state index is 6.63. The molecule has 47 heavy (non-hydrogen) atoms. The second kappa shape index (κ2) is 10.3. The van der Waals surface area contributed by atoms with Crippen LogP contribution in [-0.2, 0) is 15.7 Å². The topological polar surface area (TPSA) is 18.5 Å². The Morgan fingerprint density at radius 3 is 2.13 bits per heavy atom. The summed E-state index contributed by atoms with van der Waals surface area (Å²) in [5, 5.41) is 2.46. The Bertz CT molecular complexity index is 2310. The molecule has 0 amide bonds. The average Bonchev–Trinajstić information content (AvgIpc) is 3.54. The van der Waals surface area contributed by atoms with Crippen LogP contribution in [0.1, 0.15) is 50.8 Å². The highest BCUT2D eigenvalue weighted by atomic mass is 16.7. The van der Waals surface area contributed by atoms with Gasteiger partial charge in [-0.15, -0.1) is 0 Å². The summed E-state index contributed by atoms with van der Waals surface area (Å²) in [5.74, 6) is 0. The van der Waals surface area contributed by atoms with Crippen molar-refractivity contribution in [2.45, 2.75) is 51.7 Å². The van der Waals surface area contributed by atoms with Crippen LogP contribution in [0.2, 0.25) is 0 Å². The van der Waals surface area contributed by atoms with Crippen LogP contribution in [0.5, 0.6) is 0 Å². The van der Waals surface area contributed by atoms with Gasteiger partial charge in [0.1, 0.15) is 0 Å². The molecule has 226 valence electrons. The zero-order chi connectivity index (χ0) is 31.9. The fourth-order valence-electron chi connectivity index (χ4n) is 7.90. The molecule has 1 aliphatic heterocycles. The van der Waals surface area contributed by atoms with E-state index >= 15 is 0 Å². The molecule has 0 aromatic heterocycles. The number of fused-ring (bicyclic) bond motifs is 4. The lowest BCUT2D eigenvalue weighted by Crippen LogP contribution is -2.41. The van der Waals surface area contributed by atoms with E-state index in [1.165, 1.54) is 72.0 Å². The summed E-state index contributed by atoms with van der Waals surface area (Å²) in [6.07, 6.45) is 12.8. The first-order chi connectivity index (χ1) is 22.8. The van der Waals surface area contributed by atoms with Crippen LogP contribution in [-0.4, -0.2) is 18.3 Å². The van der Waals surface area contributed by atoms with Crippen LogP contribution < -0.4 is 5.46 Å². The Morgan fingerprint density at radius 2 is 1.36 bits per heavy atom. The van der Waals surface area contributed by atoms with Crippen LogP contribution >= 0.6 is 0 Å². The summed E-state index contributed by atoms with van der Waals surface area (Å²) < 4.78 is 13.3. The first-order valence-electron chi connectivity index (χ1n) is 16.7. The minimum atomic E-state index is -0.442. The van der Waals surface area contributed by atoms with Gasteiger partial charge >= 0.3 is 7.12 Å². The zero-order valence-electron chi connectivity index (χ0n) is 27.3. The van der Waals surface area contributed by atoms with Crippen LogP contribution in [0.15, 0.2) is 121 Å². The van der Waals surface area contributed by atoms with Gasteiger partial charge in [0, 0.05) is 5.57 Å². The number of rotatable bonds is 4. The minimum absolute atomic E-state index is 0.419. The first kappa shape index (κ1) is 28.4. The molecule has 4 aliphatic rings. The molecule has 0 bridgehead atoms. The summed E-state index contributed by atoms with van der Waals surface area (Å²) in [7, 11) is -0.442. The molecule has 3 aliphatic carbocycles. The minimum Gasteiger partial charge on any atom is -0.399 e. The van der Waals surface area contributed by atoms with Gasteiger partial charge in [-0.3, -0.25) is 0 Å². The van der Waals surface area contributed by atoms with Crippen molar-refractivity contribution in [1.82, 2.24) is 0 Å². The van der Waals surface area contributed by atoms with E-state index in [1.54, 1.807) is 0 Å². The molecule has 0 saturated carbocycles. The molecular formula is C44H35BO2. The summed E-state index contributed by atoms with van der Waals surface area (Å²) in [4.78, 5) is 0. The summed E-state index contributed by atoms with van der Waals surface area (Å²) in [5.41, 5.74) is 22.1. The second-order valence-electron chi connectivity index (χ2n) is 14.0. The van der Waals surface area contributed by atoms with Gasteiger partial charge in [-0.1, -0.05) is 115 Å². The molecule has 2 nitrogen and oxygen atoms in total. The van der Waals surface area contributed by atoms with Crippen molar-refractivity contribution in [2.75, 3.05) is 0 Å². The maximum Gasteiger partial charge on any atom is 0.495 e. The molecule has 1 fully saturated rings. The molecule has 5 aromatic carbocycles. The summed E-state index contributed by atoms with van der Waals surface area (Å²) in [6, 6.07) is 31.1. The van der Waals surface area contributed by atoms with Crippen LogP contribution in [0.3, 0.4) is 0 Å². The van der Waals surface area contributed by atoms with Crippen LogP contribution in [0.25, 0.3) is 66.9 Å². The van der Waals surface area contributed by atoms with Gasteiger partial charge in [0.15, 0.2) is 0 Å². The fourth-order valence-corrected chi connectivity index (χ4v) is 7.90. The molecule has 0 unspecified atom stereocenters. The van der Waals surface area contributed by atoms with E-state index in [1.807, 2.05) is 6.08 Å². The molecule has 0 spiro atoms. The highest BCUT2D eigenvalue weighted by molar-refractivity contribution is 6.65. The lowest BCUT2D eigenvalue weighted by atomic mass is 9.75. The van der Waals surface area contributed by atoms with Gasteiger partial charge in [0.25, 0.3) is 0 Å². The lowest BCUT2D eigenvalue weighted by molar-refractivity contribution is 0.00578. The maximum absolute atomic E-state index is 6.63. The van der Waals surface area contributed by atoms with E-state index in [2.05, 4.69) is 148 Å². The second-order valence-corrected chi connectivity index (χ2v) is 14.0. The molecular weight excluding hydrogens is 571 g/mol. The van der Waals surface area contributed by atoms with Gasteiger partial charge in [-0.2, -0.15) is 0 Å². The number of hydrogen-bond donors (Lipinski definition) is 0. The van der Waals surface area contributed by atoms with E-state index in [9.17, 15) is 0 Å². The van der Waals surface area contributed by atoms with Gasteiger partial charge in [0.2, 0.25) is 0 Å². The standard InChI is InChI=1S/C44H35BO2/c1-43(2)44(3,4)47-45(46-43)37-27-26-36-39-34(37)24-15-25-35(39)41-38(29-18-9-6-10-19-29)32-22-13-14-23-33(32)40(42(36)41)31-21-12-11-20-30(31)28-16-7-5-8-17-28/h5-7,9-13,15-16,18-22,24-27H,14,23H2,1-4H3. The van der Waals surface area contributed by atoms with E-state index in [0.29, 0.717) is 0 Å². The fraction of sp³-hybridized carbons (Fsp3) is 0.182. The highest BCUT2D eigenvalue weighted by Gasteiger charge is 2.52. The number of allylic oxidation sites excluding steroid dienone is 5. The summed E-state index contributed by atoms with van der Waals surface area (Å²) in [6.45, 7) is 8.50. The smallest absolute Gasteiger partial charge is 0.399 e. The van der Waals surface area contributed by atoms with E-state index in [0.717, 1.165) is 23.9 Å². The molecule has 0 atom stereocenters. The molecule has 3 heteroatoms. The number of benzene rings is 5. The Morgan fingerprint density at radius 1 is 0.660 bits per heavy atom. The van der Waals surface area contributed by atoms with Crippen LogP contribution in [0, 0.1) is 0 Å². The van der Waals surface area contributed by atoms with Crippen molar-refractivity contribution in [3.05, 3.63) is 137 Å². The van der Waals surface area contributed by atoms with Crippen molar-refractivity contribution in [1.29, 1.82) is 0 Å². The largest absolute Gasteiger partial charge is 0.495 e. The molecule has 0 radical (unpaired) electrons. The van der Waals surface area contributed by atoms with Gasteiger partial charge in [-0.05, 0) is 130 Å². The first-order valence-corrected chi connectivity index (χ1v) is 16.7. The third-order valence-corrected chi connectivity index (χ3v) is 10.8. The van der Waals surface area contributed by atoms with Gasteiger partial charge in [0.05, 0.1) is 11.2 Å². The Hall–Kier alpha value is -4.88. The molecule has 1 heterocycles. The quantitative estimate of drug-likeness (QED) is 0.147. The third kappa shape index (κ3) is 4.15. The van der Waals surface area contributed by atoms with Gasteiger partial charge < -0.3 is 9.31 Å². The highest BCUT2D eigenvalue weighted by Crippen LogP contribution is 2.58. The van der Waals surface area contributed by atoms with Gasteiger partial charge in [-0.25, -0.2) is 0 Å². The molecule has 1 saturated heterocycles. The predicted octanol–water partition coefficient (Wildman–Crippen LogP) is 10.3. The van der Waals surface area contributed by atoms with E-state index < -0.39 is 18.3 Å². The Labute approximate surface area is 277 Å². The zero-order valence-corrected chi connectivity index (χ0v) is 27.3. The van der Waals surface area contributed by atoms with Crippen molar-refractivity contribution < 1.29 is 9.31 Å². The number of hydrogen-bond acceptors (Lipinski definition) is 2. The predicted molar refractivity (Wildman–Crippen MR) is 196 cm³/mol. The average molecular weight is 607 g/mol. The van der Waals surface area contributed by atoms with Crippen molar-refractivity contribution in [3.63, 3.8) is 0 Å². The molecule has 9 rings (SSSR count). The third-order valence-electron chi connectivity index (χ3n) is 10.8. The Kier molecular flexibility index (Phi) is 6.22. The van der Waals surface area contributed by atoms with Crippen molar-refractivity contribution in [3.8, 4) is 44.5 Å². The molecule has 0 N–H and O–H groups in total. The van der Waals surface area contributed by atoms with E-state index in [4.69, 9.17) is 9.31 Å². The van der Waals surface area contributed by atoms with Crippen molar-refractivity contribution >= 4 is 35.0 Å². The van der Waals surface area contributed by atoms with Crippen LogP contribution in [0.4, 0.5) is 0 Å². The summed E-state index contributed by atoms with van der Waals surface area (Å²) >= 11 is 0.